The molecule has 0 aliphatic carbocycles. The molecule has 0 bridgehead atoms. The van der Waals surface area contributed by atoms with E-state index in [0.717, 1.165) is 34.0 Å². The largest absolute Gasteiger partial charge is 0.506 e. The number of aromatic hydroxyl groups is 1. The summed E-state index contributed by atoms with van der Waals surface area (Å²) >= 11 is 5.80. The number of hydrogen-bond donors (Lipinski definition) is 2. The van der Waals surface area contributed by atoms with Crippen LogP contribution in [0.25, 0.3) is 5.69 Å². The smallest absolute Gasteiger partial charge is 0.170 e. The van der Waals surface area contributed by atoms with E-state index in [4.69, 9.17) is 12.2 Å². The Kier molecular flexibility index (Phi) is 5.56. The number of para-hydroxylation sites is 2. The van der Waals surface area contributed by atoms with Crippen molar-refractivity contribution in [1.29, 1.82) is 0 Å². The number of nitrogens with one attached hydrogen (secondary N) is 1. The van der Waals surface area contributed by atoms with Crippen LogP contribution in [-0.4, -0.2) is 29.7 Å². The molecule has 33 heavy (non-hydrogen) atoms. The van der Waals surface area contributed by atoms with E-state index in [2.05, 4.69) is 44.7 Å². The molecule has 0 unspecified atom stereocenters. The summed E-state index contributed by atoms with van der Waals surface area (Å²) in [6.45, 7) is 4.73. The highest BCUT2D eigenvalue weighted by molar-refractivity contribution is 7.80. The van der Waals surface area contributed by atoms with Gasteiger partial charge < -0.3 is 19.9 Å². The third-order valence-corrected chi connectivity index (χ3v) is 6.52. The molecule has 1 saturated heterocycles. The van der Waals surface area contributed by atoms with Crippen molar-refractivity contribution < 1.29 is 5.11 Å². The molecule has 2 atom stereocenters. The van der Waals surface area contributed by atoms with E-state index in [1.54, 1.807) is 12.3 Å². The van der Waals surface area contributed by atoms with Gasteiger partial charge >= 0.3 is 0 Å². The fourth-order valence-electron chi connectivity index (χ4n) is 4.69. The third kappa shape index (κ3) is 3.85. The molecule has 2 N–H and O–H groups in total. The quantitative estimate of drug-likeness (QED) is 0.423. The Balaban J connectivity index is 1.63. The lowest BCUT2D eigenvalue weighted by Crippen LogP contribution is -2.29. The topological polar surface area (TPSA) is 66.2 Å². The number of aryl methyl sites for hydroxylation is 1. The van der Waals surface area contributed by atoms with E-state index in [0.29, 0.717) is 11.7 Å². The minimum absolute atomic E-state index is 0.0831. The minimum atomic E-state index is -0.110. The van der Waals surface area contributed by atoms with Crippen LogP contribution in [0.2, 0.25) is 0 Å². The summed E-state index contributed by atoms with van der Waals surface area (Å²) < 4.78 is 2.10. The van der Waals surface area contributed by atoms with Gasteiger partial charge in [-0.25, -0.2) is 0 Å². The van der Waals surface area contributed by atoms with Gasteiger partial charge in [-0.1, -0.05) is 24.3 Å². The molecule has 1 aliphatic heterocycles. The monoisotopic (exact) mass is 455 g/mol. The summed E-state index contributed by atoms with van der Waals surface area (Å²) in [5.74, 6) is 0.248. The minimum Gasteiger partial charge on any atom is -0.506 e. The van der Waals surface area contributed by atoms with Gasteiger partial charge in [-0.15, -0.1) is 0 Å². The van der Waals surface area contributed by atoms with Gasteiger partial charge in [-0.3, -0.25) is 9.97 Å². The number of rotatable bonds is 5. The highest BCUT2D eigenvalue weighted by Gasteiger charge is 2.41. The van der Waals surface area contributed by atoms with Crippen molar-refractivity contribution in [3.63, 3.8) is 0 Å². The van der Waals surface area contributed by atoms with Crippen LogP contribution < -0.4 is 5.32 Å². The van der Waals surface area contributed by atoms with Gasteiger partial charge in [0.15, 0.2) is 5.11 Å². The van der Waals surface area contributed by atoms with Crippen molar-refractivity contribution in [2.45, 2.75) is 32.5 Å². The second kappa shape index (κ2) is 8.67. The van der Waals surface area contributed by atoms with Gasteiger partial charge in [0.2, 0.25) is 0 Å². The van der Waals surface area contributed by atoms with Gasteiger partial charge in [0.25, 0.3) is 0 Å². The predicted molar refractivity (Wildman–Crippen MR) is 132 cm³/mol. The van der Waals surface area contributed by atoms with Crippen LogP contribution in [-0.2, 0) is 6.54 Å². The molecule has 5 rings (SSSR count). The molecule has 166 valence electrons. The Hall–Kier alpha value is -3.71. The fraction of sp³-hybridized carbons (Fsp3) is 0.192. The maximum atomic E-state index is 10.5. The van der Waals surface area contributed by atoms with E-state index < -0.39 is 0 Å². The Morgan fingerprint density at radius 2 is 1.70 bits per heavy atom. The number of nitrogens with zero attached hydrogens (tertiary/aromatic N) is 4. The fourth-order valence-corrected chi connectivity index (χ4v) is 5.00. The summed E-state index contributed by atoms with van der Waals surface area (Å²) in [6, 6.07) is 21.3. The molecular weight excluding hydrogens is 430 g/mol. The summed E-state index contributed by atoms with van der Waals surface area (Å²) in [5, 5.41) is 14.7. The molecule has 6 nitrogen and oxygen atoms in total. The van der Waals surface area contributed by atoms with Crippen LogP contribution in [0.4, 0.5) is 0 Å². The molecule has 0 amide bonds. The first kappa shape index (κ1) is 21.2. The zero-order chi connectivity index (χ0) is 22.9. The van der Waals surface area contributed by atoms with E-state index >= 15 is 0 Å². The second-order valence-electron chi connectivity index (χ2n) is 8.23. The van der Waals surface area contributed by atoms with E-state index in [1.165, 1.54) is 0 Å². The van der Waals surface area contributed by atoms with Crippen LogP contribution >= 0.6 is 12.2 Å². The molecule has 0 spiro atoms. The predicted octanol–water partition coefficient (Wildman–Crippen LogP) is 4.76. The second-order valence-corrected chi connectivity index (χ2v) is 8.61. The molecular formula is C26H25N5OS. The van der Waals surface area contributed by atoms with Gasteiger partial charge in [-0.05, 0) is 74.1 Å². The normalized spacial score (nSPS) is 17.9. The summed E-state index contributed by atoms with van der Waals surface area (Å²) in [4.78, 5) is 11.3. The lowest BCUT2D eigenvalue weighted by molar-refractivity contribution is 0.307. The SMILES string of the molecule is Cc1cc([C@H]2[C@H](c3ccccn3)NC(=S)N2Cc2ccccn2)c(C)n1-c1ccccc1O. The number of phenolic OH excluding ortho intramolecular Hbond substituents is 1. The number of aromatic nitrogens is 3. The van der Waals surface area contributed by atoms with Crippen molar-refractivity contribution in [3.8, 4) is 11.4 Å². The zero-order valence-electron chi connectivity index (χ0n) is 18.5. The third-order valence-electron chi connectivity index (χ3n) is 6.17. The van der Waals surface area contributed by atoms with Crippen molar-refractivity contribution in [1.82, 2.24) is 24.8 Å². The molecule has 7 heteroatoms. The summed E-state index contributed by atoms with van der Waals surface area (Å²) in [6.07, 6.45) is 3.61. The highest BCUT2D eigenvalue weighted by atomic mass is 32.1. The molecule has 1 fully saturated rings. The van der Waals surface area contributed by atoms with Gasteiger partial charge in [0.1, 0.15) is 5.75 Å². The van der Waals surface area contributed by atoms with E-state index in [-0.39, 0.29) is 17.8 Å². The number of hydrogen-bond acceptors (Lipinski definition) is 4. The van der Waals surface area contributed by atoms with Gasteiger partial charge in [-0.2, -0.15) is 0 Å². The summed E-state index contributed by atoms with van der Waals surface area (Å²) in [5.41, 5.74) is 5.87. The standard InChI is InChI=1S/C26H25N5OS/c1-17-15-20(18(2)31(17)22-11-3-4-12-23(22)32)25-24(21-10-6-8-14-28-21)29-26(33)30(25)16-19-9-5-7-13-27-19/h3-15,24-25,32H,16H2,1-2H3,(H,29,33)/t24-,25-/m0/s1. The average molecular weight is 456 g/mol. The van der Waals surface area contributed by atoms with E-state index in [9.17, 15) is 5.11 Å². The van der Waals surface area contributed by atoms with Crippen LogP contribution in [0.15, 0.2) is 79.1 Å². The average Bonchev–Trinajstić information content (AvgIpc) is 3.30. The molecule has 4 heterocycles. The van der Waals surface area contributed by atoms with Crippen LogP contribution in [0.3, 0.4) is 0 Å². The van der Waals surface area contributed by atoms with Gasteiger partial charge in [0.05, 0.1) is 35.7 Å². The lowest BCUT2D eigenvalue weighted by atomic mass is 9.96. The molecule has 1 aliphatic rings. The van der Waals surface area contributed by atoms with E-state index in [1.807, 2.05) is 60.8 Å². The number of pyridine rings is 2. The lowest BCUT2D eigenvalue weighted by Gasteiger charge is -2.28. The maximum Gasteiger partial charge on any atom is 0.170 e. The number of phenols is 1. The first-order valence-electron chi connectivity index (χ1n) is 10.9. The van der Waals surface area contributed by atoms with Crippen molar-refractivity contribution in [2.24, 2.45) is 0 Å². The number of thiocarbonyl (C=S) groups is 1. The highest BCUT2D eigenvalue weighted by Crippen LogP contribution is 2.42. The molecule has 1 aromatic carbocycles. The molecule has 3 aromatic heterocycles. The zero-order valence-corrected chi connectivity index (χ0v) is 19.3. The van der Waals surface area contributed by atoms with Gasteiger partial charge in [0, 0.05) is 23.8 Å². The Labute approximate surface area is 198 Å². The maximum absolute atomic E-state index is 10.5. The summed E-state index contributed by atoms with van der Waals surface area (Å²) in [7, 11) is 0. The first-order chi connectivity index (χ1) is 16.0. The Morgan fingerprint density at radius 3 is 2.39 bits per heavy atom. The molecule has 0 radical (unpaired) electrons. The van der Waals surface area contributed by atoms with Crippen LogP contribution in [0, 0.1) is 13.8 Å². The Morgan fingerprint density at radius 1 is 0.970 bits per heavy atom. The van der Waals surface area contributed by atoms with Crippen molar-refractivity contribution in [3.05, 3.63) is 107 Å². The molecule has 0 saturated carbocycles. The molecule has 4 aromatic rings. The van der Waals surface area contributed by atoms with Crippen LogP contribution in [0.1, 0.15) is 40.4 Å². The van der Waals surface area contributed by atoms with Crippen molar-refractivity contribution in [2.75, 3.05) is 0 Å². The van der Waals surface area contributed by atoms with Crippen molar-refractivity contribution >= 4 is 17.3 Å². The number of benzene rings is 1. The Bertz CT molecular complexity index is 1290. The van der Waals surface area contributed by atoms with Crippen LogP contribution in [0.5, 0.6) is 5.75 Å². The first-order valence-corrected chi connectivity index (χ1v) is 11.3.